The Balaban J connectivity index is 4.37. The van der Waals surface area contributed by atoms with Crippen LogP contribution in [0.5, 0.6) is 0 Å². The molecule has 0 spiro atoms. The van der Waals surface area contributed by atoms with Gasteiger partial charge in [0.05, 0.1) is 0 Å². The zero-order valence-electron chi connectivity index (χ0n) is 13.1. The van der Waals surface area contributed by atoms with Gasteiger partial charge in [-0.3, -0.25) is 0 Å². The molecule has 0 bridgehead atoms. The van der Waals surface area contributed by atoms with E-state index in [1.165, 1.54) is 38.5 Å². The summed E-state index contributed by atoms with van der Waals surface area (Å²) in [4.78, 5) is 0. The van der Waals surface area contributed by atoms with Crippen LogP contribution in [-0.4, -0.2) is 13.6 Å². The Morgan fingerprint density at radius 1 is 1.06 bits per heavy atom. The second kappa shape index (κ2) is 8.97. The molecular formula is C16H35N. The van der Waals surface area contributed by atoms with Crippen molar-refractivity contribution in [1.29, 1.82) is 0 Å². The maximum Gasteiger partial charge on any atom is -0.00518 e. The molecule has 0 amide bonds. The lowest BCUT2D eigenvalue weighted by Crippen LogP contribution is -2.30. The summed E-state index contributed by atoms with van der Waals surface area (Å²) < 4.78 is 0. The van der Waals surface area contributed by atoms with E-state index < -0.39 is 0 Å². The number of hydrogen-bond acceptors (Lipinski definition) is 1. The van der Waals surface area contributed by atoms with Crippen LogP contribution in [-0.2, 0) is 0 Å². The Hall–Kier alpha value is -0.0400. The molecule has 17 heavy (non-hydrogen) atoms. The van der Waals surface area contributed by atoms with Crippen molar-refractivity contribution in [1.82, 2.24) is 5.32 Å². The van der Waals surface area contributed by atoms with Gasteiger partial charge in [-0.25, -0.2) is 0 Å². The quantitative estimate of drug-likeness (QED) is 0.538. The summed E-state index contributed by atoms with van der Waals surface area (Å²) in [6.07, 6.45) is 8.10. The van der Waals surface area contributed by atoms with Crippen LogP contribution in [0.25, 0.3) is 0 Å². The highest BCUT2D eigenvalue weighted by Gasteiger charge is 2.31. The van der Waals surface area contributed by atoms with Crippen molar-refractivity contribution in [2.24, 2.45) is 17.3 Å². The summed E-state index contributed by atoms with van der Waals surface area (Å²) in [6, 6.07) is 0. The highest BCUT2D eigenvalue weighted by Crippen LogP contribution is 2.41. The van der Waals surface area contributed by atoms with Gasteiger partial charge in [0.1, 0.15) is 0 Å². The molecule has 1 N–H and O–H groups in total. The van der Waals surface area contributed by atoms with Crippen LogP contribution in [0.4, 0.5) is 0 Å². The van der Waals surface area contributed by atoms with E-state index in [4.69, 9.17) is 0 Å². The first-order chi connectivity index (χ1) is 7.99. The third kappa shape index (κ3) is 6.45. The zero-order valence-corrected chi connectivity index (χ0v) is 13.1. The summed E-state index contributed by atoms with van der Waals surface area (Å²) in [5, 5.41) is 3.26. The molecule has 0 aromatic rings. The monoisotopic (exact) mass is 241 g/mol. The molecule has 0 radical (unpaired) electrons. The van der Waals surface area contributed by atoms with Crippen LogP contribution in [0.1, 0.15) is 73.1 Å². The lowest BCUT2D eigenvalue weighted by Gasteiger charge is -2.38. The van der Waals surface area contributed by atoms with Gasteiger partial charge in [-0.05, 0) is 56.5 Å². The fourth-order valence-electron chi connectivity index (χ4n) is 3.39. The van der Waals surface area contributed by atoms with Crippen molar-refractivity contribution in [3.8, 4) is 0 Å². The smallest absolute Gasteiger partial charge is 0.00518 e. The first-order valence-corrected chi connectivity index (χ1v) is 7.64. The van der Waals surface area contributed by atoms with Gasteiger partial charge in [0, 0.05) is 0 Å². The molecule has 0 heterocycles. The Labute approximate surface area is 110 Å². The van der Waals surface area contributed by atoms with Gasteiger partial charge < -0.3 is 5.32 Å². The predicted octanol–water partition coefficient (Wildman–Crippen LogP) is 4.86. The van der Waals surface area contributed by atoms with E-state index in [-0.39, 0.29) is 0 Å². The number of nitrogens with one attached hydrogen (secondary N) is 1. The van der Waals surface area contributed by atoms with Crippen molar-refractivity contribution < 1.29 is 0 Å². The van der Waals surface area contributed by atoms with E-state index in [1.807, 2.05) is 0 Å². The number of hydrogen-bond donors (Lipinski definition) is 1. The van der Waals surface area contributed by atoms with E-state index in [2.05, 4.69) is 47.0 Å². The molecule has 0 aliphatic rings. The molecule has 0 aromatic heterocycles. The van der Waals surface area contributed by atoms with Gasteiger partial charge in [0.2, 0.25) is 0 Å². The predicted molar refractivity (Wildman–Crippen MR) is 79.4 cm³/mol. The summed E-state index contributed by atoms with van der Waals surface area (Å²) in [7, 11) is 2.05. The third-order valence-electron chi connectivity index (χ3n) is 4.27. The fourth-order valence-corrected chi connectivity index (χ4v) is 3.39. The Morgan fingerprint density at radius 3 is 2.18 bits per heavy atom. The molecule has 0 saturated carbocycles. The highest BCUT2D eigenvalue weighted by molar-refractivity contribution is 4.81. The molecule has 2 unspecified atom stereocenters. The summed E-state index contributed by atoms with van der Waals surface area (Å²) >= 11 is 0. The second-order valence-electron chi connectivity index (χ2n) is 6.36. The molecule has 1 heteroatoms. The molecule has 0 aliphatic heterocycles. The lowest BCUT2D eigenvalue weighted by atomic mass is 9.67. The van der Waals surface area contributed by atoms with Gasteiger partial charge in [0.15, 0.2) is 0 Å². The first-order valence-electron chi connectivity index (χ1n) is 7.64. The molecule has 0 aliphatic carbocycles. The van der Waals surface area contributed by atoms with Gasteiger partial charge in [-0.2, -0.15) is 0 Å². The largest absolute Gasteiger partial charge is 0.320 e. The average molecular weight is 241 g/mol. The van der Waals surface area contributed by atoms with Gasteiger partial charge in [-0.1, -0.05) is 47.5 Å². The fraction of sp³-hybridized carbons (Fsp3) is 1.00. The van der Waals surface area contributed by atoms with Crippen LogP contribution < -0.4 is 5.32 Å². The minimum atomic E-state index is 0.518. The van der Waals surface area contributed by atoms with Crippen LogP contribution in [0.3, 0.4) is 0 Å². The van der Waals surface area contributed by atoms with E-state index >= 15 is 0 Å². The van der Waals surface area contributed by atoms with Crippen LogP contribution in [0.2, 0.25) is 0 Å². The van der Waals surface area contributed by atoms with Crippen molar-refractivity contribution in [2.45, 2.75) is 73.1 Å². The van der Waals surface area contributed by atoms with Crippen LogP contribution in [0.15, 0.2) is 0 Å². The number of rotatable bonds is 10. The average Bonchev–Trinajstić information content (AvgIpc) is 2.25. The second-order valence-corrected chi connectivity index (χ2v) is 6.36. The minimum Gasteiger partial charge on any atom is -0.320 e. The molecular weight excluding hydrogens is 206 g/mol. The van der Waals surface area contributed by atoms with Gasteiger partial charge >= 0.3 is 0 Å². The molecule has 2 atom stereocenters. The summed E-state index contributed by atoms with van der Waals surface area (Å²) in [5.74, 6) is 1.76. The Bertz CT molecular complexity index is 174. The minimum absolute atomic E-state index is 0.518. The summed E-state index contributed by atoms with van der Waals surface area (Å²) in [5.41, 5.74) is 0.518. The maximum absolute atomic E-state index is 3.26. The van der Waals surface area contributed by atoms with E-state index in [0.717, 1.165) is 18.4 Å². The van der Waals surface area contributed by atoms with Crippen molar-refractivity contribution >= 4 is 0 Å². The highest BCUT2D eigenvalue weighted by atomic mass is 14.8. The van der Waals surface area contributed by atoms with Crippen molar-refractivity contribution in [3.05, 3.63) is 0 Å². The van der Waals surface area contributed by atoms with E-state index in [1.54, 1.807) is 0 Å². The van der Waals surface area contributed by atoms with Crippen LogP contribution >= 0.6 is 0 Å². The zero-order chi connectivity index (χ0) is 13.3. The van der Waals surface area contributed by atoms with Crippen molar-refractivity contribution in [3.63, 3.8) is 0 Å². The van der Waals surface area contributed by atoms with Crippen molar-refractivity contribution in [2.75, 3.05) is 13.6 Å². The molecule has 104 valence electrons. The lowest BCUT2D eigenvalue weighted by molar-refractivity contribution is 0.116. The van der Waals surface area contributed by atoms with Crippen LogP contribution in [0, 0.1) is 17.3 Å². The third-order valence-corrected chi connectivity index (χ3v) is 4.27. The molecule has 0 aromatic carbocycles. The maximum atomic E-state index is 3.26. The molecule has 0 saturated heterocycles. The van der Waals surface area contributed by atoms with Gasteiger partial charge in [0.25, 0.3) is 0 Å². The normalized spacial score (nSPS) is 15.9. The SMILES string of the molecule is CCCC(C(C)CCCNC)C(C)(C)CCC. The Kier molecular flexibility index (Phi) is 8.94. The van der Waals surface area contributed by atoms with E-state index in [0.29, 0.717) is 5.41 Å². The molecule has 1 nitrogen and oxygen atoms in total. The summed E-state index contributed by atoms with van der Waals surface area (Å²) in [6.45, 7) is 13.2. The molecule has 0 rings (SSSR count). The topological polar surface area (TPSA) is 12.0 Å². The molecule has 0 fully saturated rings. The standard InChI is InChI=1S/C16H35N/c1-7-10-15(16(4,5)12-8-2)14(3)11-9-13-17-6/h14-15,17H,7-13H2,1-6H3. The van der Waals surface area contributed by atoms with E-state index in [9.17, 15) is 0 Å². The Morgan fingerprint density at radius 2 is 1.71 bits per heavy atom. The van der Waals surface area contributed by atoms with Gasteiger partial charge in [-0.15, -0.1) is 0 Å². The first kappa shape index (κ1) is 17.0.